The lowest BCUT2D eigenvalue weighted by atomic mass is 9.91. The van der Waals surface area contributed by atoms with Crippen molar-refractivity contribution in [3.63, 3.8) is 0 Å². The van der Waals surface area contributed by atoms with Gasteiger partial charge in [0.1, 0.15) is 5.82 Å². The molecule has 0 saturated carbocycles. The van der Waals surface area contributed by atoms with E-state index in [4.69, 9.17) is 0 Å². The molecular weight excluding hydrogens is 441 g/mol. The smallest absolute Gasteiger partial charge is 0.226 e. The van der Waals surface area contributed by atoms with Crippen LogP contribution >= 0.6 is 0 Å². The summed E-state index contributed by atoms with van der Waals surface area (Å²) in [5.41, 5.74) is 5.16. The van der Waals surface area contributed by atoms with Gasteiger partial charge in [0, 0.05) is 12.4 Å². The standard InChI is InChI=1S/C27H20FN7/c1-27(2,15-29)24-11-9-20(13-32-24)35-25-21-12-18(17-4-7-19(28)8-5-17)6-10-22(21)31-14-23(25)34(3)26(35)33-16-30/h4-14H,1-3H3. The van der Waals surface area contributed by atoms with Crippen LogP contribution in [0, 0.1) is 28.6 Å². The Bertz CT molecular complexity index is 1740. The molecule has 0 N–H and O–H groups in total. The van der Waals surface area contributed by atoms with Gasteiger partial charge in [-0.15, -0.1) is 4.99 Å². The minimum atomic E-state index is -0.734. The van der Waals surface area contributed by atoms with Crippen molar-refractivity contribution in [3.8, 4) is 29.1 Å². The zero-order valence-electron chi connectivity index (χ0n) is 19.4. The van der Waals surface area contributed by atoms with Crippen LogP contribution in [0.25, 0.3) is 38.8 Å². The largest absolute Gasteiger partial charge is 0.311 e. The summed E-state index contributed by atoms with van der Waals surface area (Å²) in [6, 6.07) is 18.2. The molecule has 0 radical (unpaired) electrons. The Morgan fingerprint density at radius 1 is 0.943 bits per heavy atom. The van der Waals surface area contributed by atoms with Crippen LogP contribution in [-0.2, 0) is 12.5 Å². The van der Waals surface area contributed by atoms with E-state index < -0.39 is 5.41 Å². The Kier molecular flexibility index (Phi) is 5.15. The van der Waals surface area contributed by atoms with Gasteiger partial charge in [-0.3, -0.25) is 14.5 Å². The molecule has 2 aromatic carbocycles. The van der Waals surface area contributed by atoms with Gasteiger partial charge in [-0.05, 0) is 61.4 Å². The minimum Gasteiger partial charge on any atom is -0.311 e. The van der Waals surface area contributed by atoms with Gasteiger partial charge in [0.25, 0.3) is 0 Å². The summed E-state index contributed by atoms with van der Waals surface area (Å²) in [7, 11) is 1.83. The van der Waals surface area contributed by atoms with Gasteiger partial charge >= 0.3 is 0 Å². The number of rotatable bonds is 3. The topological polar surface area (TPSA) is 95.6 Å². The molecule has 3 aromatic heterocycles. The molecule has 0 unspecified atom stereocenters. The molecule has 0 aliphatic rings. The third kappa shape index (κ3) is 3.62. The quantitative estimate of drug-likeness (QED) is 0.357. The van der Waals surface area contributed by atoms with Crippen molar-refractivity contribution < 1.29 is 4.39 Å². The van der Waals surface area contributed by atoms with E-state index in [-0.39, 0.29) is 5.82 Å². The lowest BCUT2D eigenvalue weighted by molar-refractivity contribution is 0.628. The number of hydrogen-bond donors (Lipinski definition) is 0. The monoisotopic (exact) mass is 461 g/mol. The number of nitriles is 2. The van der Waals surface area contributed by atoms with Crippen molar-refractivity contribution in [2.45, 2.75) is 19.3 Å². The summed E-state index contributed by atoms with van der Waals surface area (Å²) in [5.74, 6) is -0.294. The van der Waals surface area contributed by atoms with E-state index in [1.807, 2.05) is 66.6 Å². The van der Waals surface area contributed by atoms with E-state index in [2.05, 4.69) is 21.0 Å². The lowest BCUT2D eigenvalue weighted by Crippen LogP contribution is -2.23. The van der Waals surface area contributed by atoms with E-state index >= 15 is 0 Å². The van der Waals surface area contributed by atoms with Gasteiger partial charge in [0.05, 0.1) is 51.8 Å². The first-order valence-electron chi connectivity index (χ1n) is 10.9. The summed E-state index contributed by atoms with van der Waals surface area (Å²) in [4.78, 5) is 13.2. The first-order valence-corrected chi connectivity index (χ1v) is 10.9. The van der Waals surface area contributed by atoms with E-state index in [1.54, 1.807) is 24.5 Å². The van der Waals surface area contributed by atoms with E-state index in [0.29, 0.717) is 17.0 Å². The number of fused-ring (bicyclic) bond motifs is 3. The van der Waals surface area contributed by atoms with E-state index in [1.165, 1.54) is 12.1 Å². The second-order valence-corrected chi connectivity index (χ2v) is 8.78. The second-order valence-electron chi connectivity index (χ2n) is 8.78. The summed E-state index contributed by atoms with van der Waals surface area (Å²) in [5, 5.41) is 19.7. The molecule has 170 valence electrons. The normalized spacial score (nSPS) is 12.1. The summed E-state index contributed by atoms with van der Waals surface area (Å²) < 4.78 is 17.1. The van der Waals surface area contributed by atoms with Crippen molar-refractivity contribution >= 4 is 21.9 Å². The molecule has 0 amide bonds. The third-order valence-corrected chi connectivity index (χ3v) is 6.16. The predicted molar refractivity (Wildman–Crippen MR) is 131 cm³/mol. The van der Waals surface area contributed by atoms with E-state index in [9.17, 15) is 14.9 Å². The molecule has 0 saturated heterocycles. The zero-order valence-corrected chi connectivity index (χ0v) is 19.4. The molecule has 5 rings (SSSR count). The fraction of sp³-hybridized carbons (Fsp3) is 0.148. The molecule has 0 fully saturated rings. The van der Waals surface area contributed by atoms with Crippen LogP contribution in [0.15, 0.2) is 72.0 Å². The highest BCUT2D eigenvalue weighted by Crippen LogP contribution is 2.30. The highest BCUT2D eigenvalue weighted by atomic mass is 19.1. The summed E-state index contributed by atoms with van der Waals surface area (Å²) >= 11 is 0. The van der Waals surface area contributed by atoms with Crippen molar-refractivity contribution in [1.29, 1.82) is 10.5 Å². The van der Waals surface area contributed by atoms with Crippen LogP contribution < -0.4 is 5.62 Å². The van der Waals surface area contributed by atoms with Gasteiger partial charge in [0.2, 0.25) is 11.8 Å². The van der Waals surface area contributed by atoms with Gasteiger partial charge in [-0.25, -0.2) is 4.39 Å². The predicted octanol–water partition coefficient (Wildman–Crippen LogP) is 4.90. The Morgan fingerprint density at radius 2 is 1.69 bits per heavy atom. The average molecular weight is 462 g/mol. The molecule has 7 nitrogen and oxygen atoms in total. The number of hydrogen-bond acceptors (Lipinski definition) is 5. The Morgan fingerprint density at radius 3 is 2.34 bits per heavy atom. The number of aromatic nitrogens is 4. The van der Waals surface area contributed by atoms with Gasteiger partial charge in [-0.2, -0.15) is 10.5 Å². The maximum absolute atomic E-state index is 13.5. The van der Waals surface area contributed by atoms with Gasteiger partial charge in [0.15, 0.2) is 0 Å². The van der Waals surface area contributed by atoms with Crippen molar-refractivity contribution in [2.24, 2.45) is 12.0 Å². The average Bonchev–Trinajstić information content (AvgIpc) is 3.16. The Balaban J connectivity index is 1.84. The zero-order chi connectivity index (χ0) is 24.7. The van der Waals surface area contributed by atoms with Crippen LogP contribution in [-0.4, -0.2) is 19.1 Å². The third-order valence-electron chi connectivity index (χ3n) is 6.16. The van der Waals surface area contributed by atoms with Crippen LogP contribution in [0.3, 0.4) is 0 Å². The molecule has 5 aromatic rings. The number of halogens is 1. The summed E-state index contributed by atoms with van der Waals surface area (Å²) in [6.45, 7) is 3.62. The van der Waals surface area contributed by atoms with E-state index in [0.717, 1.165) is 33.1 Å². The number of pyridine rings is 2. The van der Waals surface area contributed by atoms with Gasteiger partial charge in [-0.1, -0.05) is 18.2 Å². The van der Waals surface area contributed by atoms with Crippen molar-refractivity contribution in [3.05, 3.63) is 84.1 Å². The fourth-order valence-corrected chi connectivity index (χ4v) is 4.19. The second kappa shape index (κ2) is 8.19. The van der Waals surface area contributed by atoms with Crippen LogP contribution in [0.5, 0.6) is 0 Å². The molecule has 0 spiro atoms. The molecule has 0 aliphatic heterocycles. The maximum atomic E-state index is 13.5. The molecular formula is C27H20FN7. The molecule has 35 heavy (non-hydrogen) atoms. The van der Waals surface area contributed by atoms with Crippen molar-refractivity contribution in [2.75, 3.05) is 0 Å². The number of benzene rings is 2. The number of aryl methyl sites for hydroxylation is 1. The molecule has 3 heterocycles. The van der Waals surface area contributed by atoms with Gasteiger partial charge < -0.3 is 4.57 Å². The summed E-state index contributed by atoms with van der Waals surface area (Å²) in [6.07, 6.45) is 5.33. The Hall–Kier alpha value is -4.82. The van der Waals surface area contributed by atoms with Crippen molar-refractivity contribution in [1.82, 2.24) is 19.1 Å². The lowest BCUT2D eigenvalue weighted by Gasteiger charge is -2.15. The molecule has 0 atom stereocenters. The first-order chi connectivity index (χ1) is 16.8. The number of nitrogens with zero attached hydrogens (tertiary/aromatic N) is 7. The Labute approximate surface area is 200 Å². The fourth-order valence-electron chi connectivity index (χ4n) is 4.19. The maximum Gasteiger partial charge on any atom is 0.226 e. The highest BCUT2D eigenvalue weighted by Gasteiger charge is 2.22. The highest BCUT2D eigenvalue weighted by molar-refractivity contribution is 6.04. The molecule has 0 bridgehead atoms. The van der Waals surface area contributed by atoms with Crippen LogP contribution in [0.1, 0.15) is 19.5 Å². The number of imidazole rings is 1. The molecule has 0 aliphatic carbocycles. The molecule has 8 heteroatoms. The van der Waals surface area contributed by atoms with Crippen LogP contribution in [0.2, 0.25) is 0 Å². The van der Waals surface area contributed by atoms with Crippen LogP contribution in [0.4, 0.5) is 4.39 Å². The first kappa shape index (κ1) is 22.0. The minimum absolute atomic E-state index is 0.294. The SMILES string of the molecule is Cn1c(=NC#N)n(-c2ccc(C(C)(C)C#N)nc2)c2c3cc(-c4ccc(F)cc4)ccc3ncc21.